The molecule has 0 spiro atoms. The van der Waals surface area contributed by atoms with E-state index in [1.165, 1.54) is 44.9 Å². The molecule has 0 saturated heterocycles. The topological polar surface area (TPSA) is 0 Å². The first-order valence-electron chi connectivity index (χ1n) is 6.34. The second-order valence-electron chi connectivity index (χ2n) is 4.16. The first-order valence-corrected chi connectivity index (χ1v) is 6.34. The van der Waals surface area contributed by atoms with Crippen LogP contribution in [-0.4, -0.2) is 0 Å². The van der Waals surface area contributed by atoms with Crippen molar-refractivity contribution in [2.75, 3.05) is 0 Å². The lowest BCUT2D eigenvalue weighted by molar-refractivity contribution is 0.237. The van der Waals surface area contributed by atoms with Gasteiger partial charge in [-0.05, 0) is 11.8 Å². The number of hydrogen-bond donors (Lipinski definition) is 0. The fourth-order valence-electron chi connectivity index (χ4n) is 2.29. The maximum absolute atomic E-state index is 2.44. The van der Waals surface area contributed by atoms with Gasteiger partial charge in [0, 0.05) is 0 Å². The third kappa shape index (κ3) is 5.33. The van der Waals surface area contributed by atoms with Crippen molar-refractivity contribution in [3.8, 4) is 0 Å². The molecule has 80 valence electrons. The van der Waals surface area contributed by atoms with Gasteiger partial charge < -0.3 is 0 Å². The molecule has 1 aliphatic carbocycles. The molecular formula is C13H28. The van der Waals surface area contributed by atoms with Gasteiger partial charge in [-0.25, -0.2) is 0 Å². The lowest BCUT2D eigenvalue weighted by Gasteiger charge is -2.28. The normalized spacial score (nSPS) is 27.7. The summed E-state index contributed by atoms with van der Waals surface area (Å²) in [6.45, 7) is 8.74. The molecule has 0 aromatic rings. The molecule has 0 heterocycles. The Morgan fingerprint density at radius 1 is 1.08 bits per heavy atom. The van der Waals surface area contributed by atoms with Gasteiger partial charge in [-0.2, -0.15) is 0 Å². The molecule has 2 unspecified atom stereocenters. The van der Waals surface area contributed by atoms with Crippen molar-refractivity contribution >= 4 is 0 Å². The molecule has 1 saturated carbocycles. The van der Waals surface area contributed by atoms with Crippen LogP contribution < -0.4 is 0 Å². The van der Waals surface area contributed by atoms with Crippen LogP contribution in [0, 0.1) is 11.8 Å². The van der Waals surface area contributed by atoms with E-state index < -0.39 is 0 Å². The zero-order valence-corrected chi connectivity index (χ0v) is 10.1. The van der Waals surface area contributed by atoms with Crippen LogP contribution in [0.3, 0.4) is 0 Å². The van der Waals surface area contributed by atoms with E-state index in [-0.39, 0.29) is 0 Å². The van der Waals surface area contributed by atoms with Gasteiger partial charge in [0.25, 0.3) is 0 Å². The van der Waals surface area contributed by atoms with E-state index >= 15 is 0 Å². The third-order valence-electron chi connectivity index (χ3n) is 3.22. The second-order valence-corrected chi connectivity index (χ2v) is 4.16. The van der Waals surface area contributed by atoms with Crippen LogP contribution in [0.1, 0.15) is 72.6 Å². The second kappa shape index (κ2) is 8.59. The molecule has 0 N–H and O–H groups in total. The summed E-state index contributed by atoms with van der Waals surface area (Å²) in [5.74, 6) is 2.10. The molecule has 0 nitrogen and oxygen atoms in total. The largest absolute Gasteiger partial charge is 0.0683 e. The molecule has 13 heavy (non-hydrogen) atoms. The zero-order chi connectivity index (χ0) is 10.1. The zero-order valence-electron chi connectivity index (χ0n) is 10.1. The Morgan fingerprint density at radius 2 is 1.69 bits per heavy atom. The maximum Gasteiger partial charge on any atom is -0.0388 e. The fourth-order valence-corrected chi connectivity index (χ4v) is 2.29. The molecular weight excluding hydrogens is 156 g/mol. The van der Waals surface area contributed by atoms with Crippen LogP contribution in [0.2, 0.25) is 0 Å². The van der Waals surface area contributed by atoms with Crippen molar-refractivity contribution in [1.82, 2.24) is 0 Å². The Kier molecular flexibility index (Phi) is 8.59. The number of unbranched alkanes of at least 4 members (excludes halogenated alkanes) is 1. The highest BCUT2D eigenvalue weighted by Gasteiger charge is 2.19. The minimum absolute atomic E-state index is 1.02. The van der Waals surface area contributed by atoms with Crippen LogP contribution >= 0.6 is 0 Å². The van der Waals surface area contributed by atoms with Crippen molar-refractivity contribution in [1.29, 1.82) is 0 Å². The first-order chi connectivity index (χ1) is 6.34. The highest BCUT2D eigenvalue weighted by atomic mass is 14.3. The lowest BCUT2D eigenvalue weighted by Crippen LogP contribution is -2.16. The Balaban J connectivity index is 0.000000671. The summed E-state index contributed by atoms with van der Waals surface area (Å²) >= 11 is 0. The lowest BCUT2D eigenvalue weighted by atomic mass is 9.78. The molecule has 0 radical (unpaired) electrons. The van der Waals surface area contributed by atoms with E-state index in [1.807, 2.05) is 13.8 Å². The van der Waals surface area contributed by atoms with E-state index in [1.54, 1.807) is 0 Å². The van der Waals surface area contributed by atoms with Gasteiger partial charge in [-0.15, -0.1) is 0 Å². The van der Waals surface area contributed by atoms with Crippen LogP contribution in [0.4, 0.5) is 0 Å². The Hall–Kier alpha value is 0. The number of hydrogen-bond acceptors (Lipinski definition) is 0. The van der Waals surface area contributed by atoms with Crippen LogP contribution in [-0.2, 0) is 0 Å². The monoisotopic (exact) mass is 184 g/mol. The van der Waals surface area contributed by atoms with Crippen LogP contribution in [0.25, 0.3) is 0 Å². The van der Waals surface area contributed by atoms with Gasteiger partial charge in [0.2, 0.25) is 0 Å². The van der Waals surface area contributed by atoms with Crippen molar-refractivity contribution in [2.24, 2.45) is 11.8 Å². The molecule has 1 fully saturated rings. The van der Waals surface area contributed by atoms with Gasteiger partial charge in [-0.3, -0.25) is 0 Å². The predicted octanol–water partition coefficient (Wildman–Crippen LogP) is 5.03. The molecule has 0 aliphatic heterocycles. The molecule has 0 heteroatoms. The standard InChI is InChI=1S/C11H22.C2H6/c1-3-4-8-11-9-6-5-7-10(11)2;1-2/h10-11H,3-9H2,1-2H3;1-2H3. The van der Waals surface area contributed by atoms with Crippen molar-refractivity contribution < 1.29 is 0 Å². The molecule has 0 aromatic heterocycles. The molecule has 0 bridgehead atoms. The Labute approximate surface area is 85.1 Å². The predicted molar refractivity (Wildman–Crippen MR) is 62.0 cm³/mol. The average molecular weight is 184 g/mol. The van der Waals surface area contributed by atoms with Gasteiger partial charge in [0.05, 0.1) is 0 Å². The van der Waals surface area contributed by atoms with E-state index in [2.05, 4.69) is 13.8 Å². The average Bonchev–Trinajstić information content (AvgIpc) is 2.20. The van der Waals surface area contributed by atoms with E-state index in [9.17, 15) is 0 Å². The van der Waals surface area contributed by atoms with E-state index in [0.29, 0.717) is 0 Å². The summed E-state index contributed by atoms with van der Waals surface area (Å²) in [7, 11) is 0. The Bertz CT molecular complexity index is 96.2. The quantitative estimate of drug-likeness (QED) is 0.577. The smallest absolute Gasteiger partial charge is 0.0388 e. The summed E-state index contributed by atoms with van der Waals surface area (Å²) in [4.78, 5) is 0. The highest BCUT2D eigenvalue weighted by molar-refractivity contribution is 4.71. The SMILES string of the molecule is CC.CCCCC1CCCCC1C. The third-order valence-corrected chi connectivity index (χ3v) is 3.22. The van der Waals surface area contributed by atoms with Crippen molar-refractivity contribution in [2.45, 2.75) is 72.6 Å². The fraction of sp³-hybridized carbons (Fsp3) is 1.00. The van der Waals surface area contributed by atoms with Crippen molar-refractivity contribution in [3.05, 3.63) is 0 Å². The molecule has 2 atom stereocenters. The summed E-state index contributed by atoms with van der Waals surface area (Å²) in [5, 5.41) is 0. The van der Waals surface area contributed by atoms with Crippen LogP contribution in [0.15, 0.2) is 0 Å². The van der Waals surface area contributed by atoms with Crippen LogP contribution in [0.5, 0.6) is 0 Å². The summed E-state index contributed by atoms with van der Waals surface area (Å²) < 4.78 is 0. The summed E-state index contributed by atoms with van der Waals surface area (Å²) in [6, 6.07) is 0. The summed E-state index contributed by atoms with van der Waals surface area (Å²) in [6.07, 6.45) is 10.3. The molecule has 1 aliphatic rings. The number of rotatable bonds is 3. The van der Waals surface area contributed by atoms with E-state index in [0.717, 1.165) is 11.8 Å². The van der Waals surface area contributed by atoms with Gasteiger partial charge in [0.15, 0.2) is 0 Å². The molecule has 1 rings (SSSR count). The first kappa shape index (κ1) is 13.0. The van der Waals surface area contributed by atoms with Crippen molar-refractivity contribution in [3.63, 3.8) is 0 Å². The van der Waals surface area contributed by atoms with Gasteiger partial charge in [0.1, 0.15) is 0 Å². The molecule has 0 aromatic carbocycles. The minimum Gasteiger partial charge on any atom is -0.0683 e. The highest BCUT2D eigenvalue weighted by Crippen LogP contribution is 2.32. The van der Waals surface area contributed by atoms with E-state index in [4.69, 9.17) is 0 Å². The van der Waals surface area contributed by atoms with Gasteiger partial charge >= 0.3 is 0 Å². The molecule has 0 amide bonds. The Morgan fingerprint density at radius 3 is 2.23 bits per heavy atom. The summed E-state index contributed by atoms with van der Waals surface area (Å²) in [5.41, 5.74) is 0. The minimum atomic E-state index is 1.02. The van der Waals surface area contributed by atoms with Gasteiger partial charge in [-0.1, -0.05) is 72.6 Å². The maximum atomic E-state index is 2.44.